The molecule has 1 heterocycles. The average Bonchev–Trinajstić information content (AvgIpc) is 3.89. The van der Waals surface area contributed by atoms with Crippen LogP contribution in [-0.2, 0) is 5.41 Å². The summed E-state index contributed by atoms with van der Waals surface area (Å²) in [6.07, 6.45) is 0. The molecule has 0 radical (unpaired) electrons. The summed E-state index contributed by atoms with van der Waals surface area (Å²) < 4.78 is 6.98. The van der Waals surface area contributed by atoms with Gasteiger partial charge in [-0.3, -0.25) is 0 Å². The largest absolute Gasteiger partial charge is 0.455 e. The van der Waals surface area contributed by atoms with Gasteiger partial charge < -0.3 is 9.32 Å². The molecule has 0 fully saturated rings. The molecule has 2 nitrogen and oxygen atoms in total. The molecule has 1 aliphatic rings. The van der Waals surface area contributed by atoms with Crippen LogP contribution < -0.4 is 4.90 Å². The molecule has 2 heteroatoms. The van der Waals surface area contributed by atoms with E-state index in [0.29, 0.717) is 0 Å². The van der Waals surface area contributed by atoms with Crippen molar-refractivity contribution in [3.63, 3.8) is 0 Å². The molecule has 0 saturated carbocycles. The van der Waals surface area contributed by atoms with Crippen LogP contribution in [0.2, 0.25) is 0 Å². The Labute approximate surface area is 365 Å². The Bertz CT molecular complexity index is 3630. The molecule has 63 heavy (non-hydrogen) atoms. The number of furan rings is 1. The Morgan fingerprint density at radius 2 is 0.921 bits per heavy atom. The average molecular weight is 802 g/mol. The second-order valence-corrected chi connectivity index (χ2v) is 16.8. The van der Waals surface area contributed by atoms with E-state index in [1.807, 2.05) is 0 Å². The van der Waals surface area contributed by atoms with Crippen LogP contribution in [0.4, 0.5) is 17.1 Å². The Hall–Kier alpha value is -8.20. The highest BCUT2D eigenvalue weighted by atomic mass is 16.3. The second-order valence-electron chi connectivity index (χ2n) is 16.8. The molecular weight excluding hydrogens is 763 g/mol. The second kappa shape index (κ2) is 13.9. The summed E-state index contributed by atoms with van der Waals surface area (Å²) in [5.41, 5.74) is 14.6. The summed E-state index contributed by atoms with van der Waals surface area (Å²) in [4.78, 5) is 2.41. The minimum atomic E-state index is -0.455. The van der Waals surface area contributed by atoms with Crippen LogP contribution in [0.5, 0.6) is 0 Å². The van der Waals surface area contributed by atoms with E-state index in [1.165, 1.54) is 66.1 Å². The smallest absolute Gasteiger partial charge is 0.143 e. The Balaban J connectivity index is 1.07. The third-order valence-corrected chi connectivity index (χ3v) is 13.5. The van der Waals surface area contributed by atoms with Gasteiger partial charge in [0.25, 0.3) is 0 Å². The summed E-state index contributed by atoms with van der Waals surface area (Å²) in [6.45, 7) is 0. The topological polar surface area (TPSA) is 16.4 Å². The first-order chi connectivity index (χ1) is 31.2. The molecule has 12 aromatic rings. The molecule has 1 aliphatic carbocycles. The molecular formula is C61H39NO. The van der Waals surface area contributed by atoms with Gasteiger partial charge in [0.05, 0.1) is 16.5 Å². The number of benzene rings is 11. The van der Waals surface area contributed by atoms with Crippen molar-refractivity contribution in [2.45, 2.75) is 5.41 Å². The van der Waals surface area contributed by atoms with Crippen molar-refractivity contribution in [3.05, 3.63) is 259 Å². The van der Waals surface area contributed by atoms with Crippen molar-refractivity contribution in [3.8, 4) is 22.3 Å². The standard InChI is InChI=1S/C61H39NO/c1-3-20-45(21-4-1)61(46-22-5-2-6-23-46)55-27-14-13-25-50(55)53-38-44(32-35-56(53)61)52-39-54-59-57(28-15-29-58(59)63-60(54)51-26-12-11-24-49(51)52)62(47-33-30-40-16-7-9-18-42(40)36-47)48-34-31-41-17-8-10-19-43(41)37-48/h1-39H. The lowest BCUT2D eigenvalue weighted by molar-refractivity contribution is 0.672. The van der Waals surface area contributed by atoms with E-state index < -0.39 is 5.41 Å². The van der Waals surface area contributed by atoms with E-state index in [0.717, 1.165) is 49.8 Å². The fourth-order valence-electron chi connectivity index (χ4n) is 10.7. The van der Waals surface area contributed by atoms with E-state index >= 15 is 0 Å². The molecule has 0 aliphatic heterocycles. The Morgan fingerprint density at radius 3 is 1.60 bits per heavy atom. The van der Waals surface area contributed by atoms with E-state index in [2.05, 4.69) is 241 Å². The lowest BCUT2D eigenvalue weighted by atomic mass is 9.67. The molecule has 0 saturated heterocycles. The fraction of sp³-hybridized carbons (Fsp3) is 0.0164. The Kier molecular flexibility index (Phi) is 7.85. The first-order valence-electron chi connectivity index (χ1n) is 21.7. The van der Waals surface area contributed by atoms with Crippen molar-refractivity contribution in [2.24, 2.45) is 0 Å². The number of anilines is 3. The SMILES string of the molecule is c1ccc(C2(c3ccccc3)c3ccccc3-c3cc(-c4cc5c(oc6cccc(N(c7ccc8ccccc8c7)c7ccc8ccccc8c7)c65)c5ccccc45)ccc32)cc1. The minimum absolute atomic E-state index is 0.455. The predicted octanol–water partition coefficient (Wildman–Crippen LogP) is 16.5. The normalized spacial score (nSPS) is 12.9. The molecule has 0 spiro atoms. The van der Waals surface area contributed by atoms with Gasteiger partial charge >= 0.3 is 0 Å². The fourth-order valence-corrected chi connectivity index (χ4v) is 10.7. The number of hydrogen-bond donors (Lipinski definition) is 0. The van der Waals surface area contributed by atoms with Crippen LogP contribution >= 0.6 is 0 Å². The third-order valence-electron chi connectivity index (χ3n) is 13.5. The van der Waals surface area contributed by atoms with Crippen molar-refractivity contribution in [2.75, 3.05) is 4.90 Å². The van der Waals surface area contributed by atoms with Gasteiger partial charge in [-0.15, -0.1) is 0 Å². The molecule has 13 rings (SSSR count). The van der Waals surface area contributed by atoms with Crippen molar-refractivity contribution >= 4 is 71.3 Å². The zero-order chi connectivity index (χ0) is 41.5. The zero-order valence-electron chi connectivity index (χ0n) is 34.4. The van der Waals surface area contributed by atoms with Crippen molar-refractivity contribution in [1.29, 1.82) is 0 Å². The van der Waals surface area contributed by atoms with Crippen molar-refractivity contribution in [1.82, 2.24) is 0 Å². The maximum atomic E-state index is 6.98. The molecule has 11 aromatic carbocycles. The third kappa shape index (κ3) is 5.32. The van der Waals surface area contributed by atoms with Crippen LogP contribution in [-0.4, -0.2) is 0 Å². The van der Waals surface area contributed by atoms with Gasteiger partial charge in [0, 0.05) is 22.1 Å². The number of fused-ring (bicyclic) bond motifs is 10. The van der Waals surface area contributed by atoms with E-state index in [1.54, 1.807) is 0 Å². The first kappa shape index (κ1) is 35.5. The van der Waals surface area contributed by atoms with E-state index in [9.17, 15) is 0 Å². The van der Waals surface area contributed by atoms with Crippen LogP contribution in [0.15, 0.2) is 241 Å². The van der Waals surface area contributed by atoms with Crippen LogP contribution in [0.25, 0.3) is 76.5 Å². The van der Waals surface area contributed by atoms with Crippen LogP contribution in [0.1, 0.15) is 22.3 Å². The summed E-state index contributed by atoms with van der Waals surface area (Å²) in [5, 5.41) is 9.24. The van der Waals surface area contributed by atoms with Gasteiger partial charge in [-0.25, -0.2) is 0 Å². The lowest BCUT2D eigenvalue weighted by Crippen LogP contribution is -2.28. The molecule has 0 unspecified atom stereocenters. The van der Waals surface area contributed by atoms with Gasteiger partial charge in [-0.05, 0) is 120 Å². The first-order valence-corrected chi connectivity index (χ1v) is 21.7. The van der Waals surface area contributed by atoms with E-state index in [-0.39, 0.29) is 0 Å². The summed E-state index contributed by atoms with van der Waals surface area (Å²) in [7, 11) is 0. The molecule has 0 bridgehead atoms. The maximum absolute atomic E-state index is 6.98. The van der Waals surface area contributed by atoms with Crippen LogP contribution in [0, 0.1) is 0 Å². The monoisotopic (exact) mass is 801 g/mol. The highest BCUT2D eigenvalue weighted by Crippen LogP contribution is 2.57. The molecule has 0 amide bonds. The molecule has 0 atom stereocenters. The highest BCUT2D eigenvalue weighted by Gasteiger charge is 2.46. The summed E-state index contributed by atoms with van der Waals surface area (Å²) >= 11 is 0. The van der Waals surface area contributed by atoms with Crippen molar-refractivity contribution < 1.29 is 4.42 Å². The quantitative estimate of drug-likeness (QED) is 0.167. The summed E-state index contributed by atoms with van der Waals surface area (Å²) in [6, 6.07) is 86.6. The van der Waals surface area contributed by atoms with Gasteiger partial charge in [-0.2, -0.15) is 0 Å². The molecule has 1 aromatic heterocycles. The molecule has 294 valence electrons. The molecule has 0 N–H and O–H groups in total. The van der Waals surface area contributed by atoms with Gasteiger partial charge in [-0.1, -0.05) is 188 Å². The number of hydrogen-bond acceptors (Lipinski definition) is 2. The predicted molar refractivity (Wildman–Crippen MR) is 264 cm³/mol. The van der Waals surface area contributed by atoms with E-state index in [4.69, 9.17) is 4.42 Å². The van der Waals surface area contributed by atoms with Gasteiger partial charge in [0.1, 0.15) is 11.2 Å². The van der Waals surface area contributed by atoms with Gasteiger partial charge in [0.2, 0.25) is 0 Å². The van der Waals surface area contributed by atoms with Crippen LogP contribution in [0.3, 0.4) is 0 Å². The highest BCUT2D eigenvalue weighted by molar-refractivity contribution is 6.23. The number of rotatable bonds is 6. The minimum Gasteiger partial charge on any atom is -0.455 e. The number of nitrogens with zero attached hydrogens (tertiary/aromatic N) is 1. The van der Waals surface area contributed by atoms with Gasteiger partial charge in [0.15, 0.2) is 0 Å². The zero-order valence-corrected chi connectivity index (χ0v) is 34.4. The summed E-state index contributed by atoms with van der Waals surface area (Å²) in [5.74, 6) is 0. The lowest BCUT2D eigenvalue weighted by Gasteiger charge is -2.33. The maximum Gasteiger partial charge on any atom is 0.143 e. The Morgan fingerprint density at radius 1 is 0.349 bits per heavy atom.